The first-order valence-corrected chi connectivity index (χ1v) is 8.25. The molecule has 0 spiro atoms. The molecule has 0 aliphatic carbocycles. The van der Waals surface area contributed by atoms with E-state index in [4.69, 9.17) is 22.1 Å². The van der Waals surface area contributed by atoms with Gasteiger partial charge in [-0.2, -0.15) is 0 Å². The van der Waals surface area contributed by atoms with Crippen LogP contribution in [0.1, 0.15) is 33.6 Å². The minimum atomic E-state index is -0.451. The molecule has 23 heavy (non-hydrogen) atoms. The van der Waals surface area contributed by atoms with E-state index in [0.29, 0.717) is 29.8 Å². The first-order chi connectivity index (χ1) is 10.7. The molecule has 1 aromatic heterocycles. The third kappa shape index (κ3) is 5.46. The van der Waals surface area contributed by atoms with Gasteiger partial charge in [0, 0.05) is 31.9 Å². The smallest absolute Gasteiger partial charge is 0.410 e. The average molecular weight is 341 g/mol. The normalized spacial score (nSPS) is 16.3. The molecular weight excluding hydrogens is 316 g/mol. The molecular formula is C16H25ClN4O2. The molecule has 128 valence electrons. The molecule has 1 fully saturated rings. The number of anilines is 2. The summed E-state index contributed by atoms with van der Waals surface area (Å²) in [5.74, 6) is 0.927. The van der Waals surface area contributed by atoms with Crippen molar-refractivity contribution in [3.63, 3.8) is 0 Å². The van der Waals surface area contributed by atoms with Crippen LogP contribution in [0.2, 0.25) is 5.02 Å². The van der Waals surface area contributed by atoms with E-state index >= 15 is 0 Å². The molecule has 1 aliphatic heterocycles. The van der Waals surface area contributed by atoms with Gasteiger partial charge in [-0.15, -0.1) is 0 Å². The maximum atomic E-state index is 12.0. The molecule has 1 amide bonds. The minimum absolute atomic E-state index is 0.228. The van der Waals surface area contributed by atoms with Crippen LogP contribution in [0, 0.1) is 5.92 Å². The Bertz CT molecular complexity index is 552. The summed E-state index contributed by atoms with van der Waals surface area (Å²) in [6.07, 6.45) is 3.19. The summed E-state index contributed by atoms with van der Waals surface area (Å²) in [7, 11) is 0. The van der Waals surface area contributed by atoms with Gasteiger partial charge in [0.15, 0.2) is 0 Å². The Morgan fingerprint density at radius 1 is 1.48 bits per heavy atom. The van der Waals surface area contributed by atoms with Crippen molar-refractivity contribution < 1.29 is 9.53 Å². The second kappa shape index (κ2) is 7.25. The molecule has 0 atom stereocenters. The number of nitrogens with two attached hydrogens (primary N) is 1. The molecule has 2 rings (SSSR count). The lowest BCUT2D eigenvalue weighted by atomic mass is 9.97. The Kier molecular flexibility index (Phi) is 5.57. The Morgan fingerprint density at radius 2 is 2.13 bits per heavy atom. The number of likely N-dealkylation sites (tertiary alicyclic amines) is 1. The van der Waals surface area contributed by atoms with Crippen LogP contribution in [-0.2, 0) is 4.74 Å². The van der Waals surface area contributed by atoms with Crippen LogP contribution in [0.25, 0.3) is 0 Å². The van der Waals surface area contributed by atoms with E-state index in [1.807, 2.05) is 20.8 Å². The van der Waals surface area contributed by atoms with Gasteiger partial charge in [0.05, 0.1) is 10.7 Å². The van der Waals surface area contributed by atoms with Gasteiger partial charge in [0.1, 0.15) is 11.4 Å². The van der Waals surface area contributed by atoms with Crippen molar-refractivity contribution >= 4 is 29.2 Å². The molecule has 0 radical (unpaired) electrons. The molecule has 0 unspecified atom stereocenters. The zero-order valence-electron chi connectivity index (χ0n) is 13.9. The summed E-state index contributed by atoms with van der Waals surface area (Å²) in [6, 6.07) is 1.73. The van der Waals surface area contributed by atoms with E-state index in [1.165, 1.54) is 0 Å². The lowest BCUT2D eigenvalue weighted by molar-refractivity contribution is 0.0188. The Balaban J connectivity index is 1.79. The van der Waals surface area contributed by atoms with E-state index < -0.39 is 5.60 Å². The number of halogens is 1. The topological polar surface area (TPSA) is 80.5 Å². The van der Waals surface area contributed by atoms with Crippen molar-refractivity contribution in [2.45, 2.75) is 39.2 Å². The standard InChI is InChI=1S/C16H25ClN4O2/c1-16(2,3)23-15(22)21-6-4-11(5-7-21)9-19-13-8-14(18)20-10-12(13)17/h8,10-11H,4-7,9H2,1-3H3,(H3,18,19,20). The fourth-order valence-electron chi connectivity index (χ4n) is 2.49. The summed E-state index contributed by atoms with van der Waals surface area (Å²) in [5.41, 5.74) is 6.02. The molecule has 0 bridgehead atoms. The van der Waals surface area contributed by atoms with Crippen molar-refractivity contribution in [1.82, 2.24) is 9.88 Å². The van der Waals surface area contributed by atoms with E-state index in [-0.39, 0.29) is 6.09 Å². The third-order valence-corrected chi connectivity index (χ3v) is 4.03. The quantitative estimate of drug-likeness (QED) is 0.881. The van der Waals surface area contributed by atoms with Gasteiger partial charge < -0.3 is 20.7 Å². The molecule has 3 N–H and O–H groups in total. The number of nitrogen functional groups attached to an aromatic ring is 1. The number of piperidine rings is 1. The van der Waals surface area contributed by atoms with Crippen LogP contribution < -0.4 is 11.1 Å². The molecule has 0 saturated carbocycles. The Hall–Kier alpha value is -1.69. The largest absolute Gasteiger partial charge is 0.444 e. The number of carbonyl (C=O) groups excluding carboxylic acids is 1. The number of hydrogen-bond donors (Lipinski definition) is 2. The van der Waals surface area contributed by atoms with Crippen LogP contribution >= 0.6 is 11.6 Å². The number of hydrogen-bond acceptors (Lipinski definition) is 5. The van der Waals surface area contributed by atoms with Crippen molar-refractivity contribution in [3.05, 3.63) is 17.3 Å². The summed E-state index contributed by atoms with van der Waals surface area (Å²) in [6.45, 7) is 7.87. The number of nitrogens with zero attached hydrogens (tertiary/aromatic N) is 2. The van der Waals surface area contributed by atoms with Crippen LogP contribution in [0.4, 0.5) is 16.3 Å². The van der Waals surface area contributed by atoms with Gasteiger partial charge in [-0.1, -0.05) is 11.6 Å². The van der Waals surface area contributed by atoms with Crippen LogP contribution in [0.3, 0.4) is 0 Å². The zero-order valence-corrected chi connectivity index (χ0v) is 14.7. The highest BCUT2D eigenvalue weighted by atomic mass is 35.5. The summed E-state index contributed by atoms with van der Waals surface area (Å²) >= 11 is 6.09. The summed E-state index contributed by atoms with van der Waals surface area (Å²) in [5, 5.41) is 3.88. The summed E-state index contributed by atoms with van der Waals surface area (Å²) in [4.78, 5) is 17.7. The van der Waals surface area contributed by atoms with Crippen molar-refractivity contribution in [3.8, 4) is 0 Å². The predicted molar refractivity (Wildman–Crippen MR) is 92.7 cm³/mol. The van der Waals surface area contributed by atoms with Crippen LogP contribution in [-0.4, -0.2) is 41.2 Å². The number of amides is 1. The van der Waals surface area contributed by atoms with Gasteiger partial charge >= 0.3 is 6.09 Å². The van der Waals surface area contributed by atoms with E-state index in [1.54, 1.807) is 17.2 Å². The van der Waals surface area contributed by atoms with Gasteiger partial charge in [-0.05, 0) is 39.5 Å². The van der Waals surface area contributed by atoms with E-state index in [9.17, 15) is 4.79 Å². The third-order valence-electron chi connectivity index (χ3n) is 3.72. The number of pyridine rings is 1. The molecule has 0 aromatic carbocycles. The van der Waals surface area contributed by atoms with E-state index in [0.717, 1.165) is 25.1 Å². The van der Waals surface area contributed by atoms with Crippen LogP contribution in [0.5, 0.6) is 0 Å². The highest BCUT2D eigenvalue weighted by molar-refractivity contribution is 6.33. The Morgan fingerprint density at radius 3 is 2.74 bits per heavy atom. The fourth-order valence-corrected chi connectivity index (χ4v) is 2.66. The molecule has 1 saturated heterocycles. The maximum Gasteiger partial charge on any atom is 0.410 e. The van der Waals surface area contributed by atoms with Gasteiger partial charge in [-0.25, -0.2) is 9.78 Å². The minimum Gasteiger partial charge on any atom is -0.444 e. The monoisotopic (exact) mass is 340 g/mol. The number of ether oxygens (including phenoxy) is 1. The van der Waals surface area contributed by atoms with Crippen molar-refractivity contribution in [2.75, 3.05) is 30.7 Å². The first-order valence-electron chi connectivity index (χ1n) is 7.87. The molecule has 2 heterocycles. The zero-order chi connectivity index (χ0) is 17.0. The van der Waals surface area contributed by atoms with Gasteiger partial charge in [0.2, 0.25) is 0 Å². The van der Waals surface area contributed by atoms with Crippen molar-refractivity contribution in [1.29, 1.82) is 0 Å². The van der Waals surface area contributed by atoms with Crippen molar-refractivity contribution in [2.24, 2.45) is 5.92 Å². The number of aromatic nitrogens is 1. The second-order valence-corrected chi connectivity index (χ2v) is 7.29. The molecule has 6 nitrogen and oxygen atoms in total. The Labute approximate surface area is 142 Å². The maximum absolute atomic E-state index is 12.0. The number of nitrogens with one attached hydrogen (secondary N) is 1. The lowest BCUT2D eigenvalue weighted by Gasteiger charge is -2.33. The van der Waals surface area contributed by atoms with E-state index in [2.05, 4.69) is 10.3 Å². The molecule has 1 aromatic rings. The molecule has 7 heteroatoms. The highest BCUT2D eigenvalue weighted by Gasteiger charge is 2.26. The lowest BCUT2D eigenvalue weighted by Crippen LogP contribution is -2.42. The molecule has 1 aliphatic rings. The van der Waals surface area contributed by atoms with Gasteiger partial charge in [-0.3, -0.25) is 0 Å². The average Bonchev–Trinajstić information content (AvgIpc) is 2.47. The highest BCUT2D eigenvalue weighted by Crippen LogP contribution is 2.24. The predicted octanol–water partition coefficient (Wildman–Crippen LogP) is 3.38. The summed E-state index contributed by atoms with van der Waals surface area (Å²) < 4.78 is 5.40. The van der Waals surface area contributed by atoms with Gasteiger partial charge in [0.25, 0.3) is 0 Å². The second-order valence-electron chi connectivity index (χ2n) is 6.88. The SMILES string of the molecule is CC(C)(C)OC(=O)N1CCC(CNc2cc(N)ncc2Cl)CC1. The first kappa shape index (κ1) is 17.7. The van der Waals surface area contributed by atoms with Crippen LogP contribution in [0.15, 0.2) is 12.3 Å². The number of carbonyl (C=O) groups is 1. The fraction of sp³-hybridized carbons (Fsp3) is 0.625. The number of rotatable bonds is 3.